The van der Waals surface area contributed by atoms with Gasteiger partial charge in [0.2, 0.25) is 11.8 Å². The lowest BCUT2D eigenvalue weighted by Gasteiger charge is -2.64. The predicted molar refractivity (Wildman–Crippen MR) is 207 cm³/mol. The topological polar surface area (TPSA) is 162 Å². The van der Waals surface area contributed by atoms with E-state index in [-0.39, 0.29) is 53.0 Å². The van der Waals surface area contributed by atoms with E-state index in [1.165, 1.54) is 6.33 Å². The van der Waals surface area contributed by atoms with Crippen molar-refractivity contribution >= 4 is 41.2 Å². The van der Waals surface area contributed by atoms with E-state index >= 15 is 0 Å². The summed E-state index contributed by atoms with van der Waals surface area (Å²) in [5.74, 6) is -0.254. The molecule has 2 bridgehead atoms. The Morgan fingerprint density at radius 2 is 1.80 bits per heavy atom. The molecule has 3 amide bonds. The molecule has 14 heteroatoms. The minimum Gasteiger partial charge on any atom is -0.402 e. The van der Waals surface area contributed by atoms with Gasteiger partial charge in [0, 0.05) is 11.9 Å². The lowest BCUT2D eigenvalue weighted by molar-refractivity contribution is -0.199. The molecule has 55 heavy (non-hydrogen) atoms. The Hall–Kier alpha value is -4.69. The van der Waals surface area contributed by atoms with Crippen LogP contribution in [0.2, 0.25) is 0 Å². The van der Waals surface area contributed by atoms with Crippen LogP contribution in [0.25, 0.3) is 16.6 Å². The van der Waals surface area contributed by atoms with E-state index in [0.29, 0.717) is 29.5 Å². The molecule has 2 aromatic carbocycles. The quantitative estimate of drug-likeness (QED) is 0.180. The monoisotopic (exact) mass is 746 g/mol. The van der Waals surface area contributed by atoms with Crippen LogP contribution in [0, 0.1) is 29.1 Å². The fourth-order valence-corrected chi connectivity index (χ4v) is 9.70. The third-order valence-corrected chi connectivity index (χ3v) is 13.4. The van der Waals surface area contributed by atoms with E-state index in [1.54, 1.807) is 10.7 Å². The number of carbonyl (C=O) groups is 3. The molecule has 288 valence electrons. The first-order valence-corrected chi connectivity index (χ1v) is 19.9. The average molecular weight is 747 g/mol. The smallest absolute Gasteiger partial charge is 0.402 e. The molecule has 2 aromatic heterocycles. The van der Waals surface area contributed by atoms with Crippen LogP contribution in [0.1, 0.15) is 95.6 Å². The maximum absolute atomic E-state index is 14.1. The highest BCUT2D eigenvalue weighted by atomic mass is 16.7. The van der Waals surface area contributed by atoms with Crippen molar-refractivity contribution < 1.29 is 23.7 Å². The highest BCUT2D eigenvalue weighted by Crippen LogP contribution is 2.65. The summed E-state index contributed by atoms with van der Waals surface area (Å²) in [7, 11) is -0.573. The van der Waals surface area contributed by atoms with Crippen LogP contribution in [0.4, 0.5) is 0 Å². The van der Waals surface area contributed by atoms with Gasteiger partial charge in [-0.1, -0.05) is 77.3 Å². The first-order valence-electron chi connectivity index (χ1n) is 19.9. The number of pyridine rings is 1. The van der Waals surface area contributed by atoms with E-state index in [4.69, 9.17) is 9.31 Å². The third-order valence-electron chi connectivity index (χ3n) is 13.4. The molecule has 0 spiro atoms. The maximum Gasteiger partial charge on any atom is 0.494 e. The standard InChI is InChI=1S/C41H51BN8O5/c1-6-24(2)35(46-39(53)36(27-12-7-8-13-27)47-37(51)32-16-15-26-11-9-10-14-31(26)45-32)38(52)43-22-25-17-29(21-30(18-25)50-23-44-48-49-50)42-54-34-20-28-19-33(40(28,3)4)41(34,5)55-42/h9-11,14-18,21,23-24,27-28,33-36H,6-8,12-13,19-20,22H2,1-5H3,(H,43,52)(H,46,53)(H,47,51)/t24-,28-,33-,34+,35-,36-,41-/m0/s1. The SMILES string of the molecule is CC[C@H](C)[C@H](NC(=O)[C@@H](NC(=O)c1ccc2ccccc2n1)C1CCCC1)C(=O)NCc1cc(B2O[C@@H]3C[C@@H]4C[C@@H](C4(C)C)[C@]3(C)O2)cc(-n2cnnn2)c1. The van der Waals surface area contributed by atoms with Gasteiger partial charge in [0.05, 0.1) is 22.9 Å². The zero-order valence-electron chi connectivity index (χ0n) is 32.3. The summed E-state index contributed by atoms with van der Waals surface area (Å²) < 4.78 is 15.0. The normalized spacial score (nSPS) is 25.8. The molecule has 4 saturated carbocycles. The molecule has 3 heterocycles. The molecule has 3 N–H and O–H groups in total. The summed E-state index contributed by atoms with van der Waals surface area (Å²) in [4.78, 5) is 46.2. The van der Waals surface area contributed by atoms with Gasteiger partial charge in [-0.15, -0.1) is 5.10 Å². The zero-order valence-corrected chi connectivity index (χ0v) is 32.3. The molecule has 7 atom stereocenters. The predicted octanol–water partition coefficient (Wildman–Crippen LogP) is 4.28. The van der Waals surface area contributed by atoms with Gasteiger partial charge in [-0.2, -0.15) is 0 Å². The molecule has 4 aromatic rings. The molecule has 0 radical (unpaired) electrons. The van der Waals surface area contributed by atoms with E-state index < -0.39 is 25.1 Å². The third kappa shape index (κ3) is 7.03. The summed E-state index contributed by atoms with van der Waals surface area (Å²) in [6.45, 7) is 11.0. The Kier molecular flexibility index (Phi) is 10.00. The first kappa shape index (κ1) is 37.2. The maximum atomic E-state index is 14.1. The van der Waals surface area contributed by atoms with E-state index in [0.717, 1.165) is 54.9 Å². The number of amides is 3. The number of aromatic nitrogens is 5. The van der Waals surface area contributed by atoms with Crippen molar-refractivity contribution in [3.8, 4) is 5.69 Å². The van der Waals surface area contributed by atoms with E-state index in [9.17, 15) is 14.4 Å². The van der Waals surface area contributed by atoms with E-state index in [1.807, 2.05) is 62.4 Å². The Labute approximate surface area is 322 Å². The summed E-state index contributed by atoms with van der Waals surface area (Å²) in [6, 6.07) is 15.4. The molecule has 5 fully saturated rings. The number of benzene rings is 2. The van der Waals surface area contributed by atoms with E-state index in [2.05, 4.69) is 57.2 Å². The minimum atomic E-state index is -0.821. The second kappa shape index (κ2) is 14.8. The molecule has 1 saturated heterocycles. The average Bonchev–Trinajstić information content (AvgIpc) is 3.99. The zero-order chi connectivity index (χ0) is 38.5. The summed E-state index contributed by atoms with van der Waals surface area (Å²) >= 11 is 0. The van der Waals surface area contributed by atoms with Gasteiger partial charge < -0.3 is 25.3 Å². The molecular weight excluding hydrogens is 695 g/mol. The van der Waals surface area contributed by atoms with Crippen LogP contribution in [0.15, 0.2) is 60.9 Å². The van der Waals surface area contributed by atoms with Gasteiger partial charge >= 0.3 is 7.12 Å². The largest absolute Gasteiger partial charge is 0.494 e. The molecule has 13 nitrogen and oxygen atoms in total. The van der Waals surface area contributed by atoms with Crippen molar-refractivity contribution in [3.05, 3.63) is 72.2 Å². The highest BCUT2D eigenvalue weighted by molar-refractivity contribution is 6.62. The molecular formula is C41H51BN8O5. The summed E-state index contributed by atoms with van der Waals surface area (Å²) in [5.41, 5.74) is 3.13. The van der Waals surface area contributed by atoms with Crippen molar-refractivity contribution in [2.75, 3.05) is 0 Å². The number of hydrogen-bond donors (Lipinski definition) is 3. The van der Waals surface area contributed by atoms with Gasteiger partial charge in [-0.05, 0) is 107 Å². The fourth-order valence-electron chi connectivity index (χ4n) is 9.70. The number of carbonyl (C=O) groups excluding carboxylic acids is 3. The number of nitrogens with zero attached hydrogens (tertiary/aromatic N) is 5. The lowest BCUT2D eigenvalue weighted by atomic mass is 9.43. The molecule has 0 unspecified atom stereocenters. The van der Waals surface area contributed by atoms with Gasteiger partial charge in [-0.3, -0.25) is 14.4 Å². The number of tetrazole rings is 1. The lowest BCUT2D eigenvalue weighted by Crippen LogP contribution is -2.65. The number of rotatable bonds is 12. The highest BCUT2D eigenvalue weighted by Gasteiger charge is 2.68. The van der Waals surface area contributed by atoms with Crippen molar-refractivity contribution in [2.45, 2.75) is 110 Å². The van der Waals surface area contributed by atoms with Crippen LogP contribution < -0.4 is 21.4 Å². The second-order valence-corrected chi connectivity index (χ2v) is 17.0. The molecule has 9 rings (SSSR count). The Bertz CT molecular complexity index is 2070. The van der Waals surface area contributed by atoms with Crippen LogP contribution in [0.3, 0.4) is 0 Å². The number of fused-ring (bicyclic) bond motifs is 1. The van der Waals surface area contributed by atoms with Crippen LogP contribution in [-0.4, -0.2) is 73.8 Å². The van der Waals surface area contributed by atoms with Crippen molar-refractivity contribution in [1.82, 2.24) is 41.1 Å². The Morgan fingerprint density at radius 3 is 2.55 bits per heavy atom. The van der Waals surface area contributed by atoms with Crippen LogP contribution in [-0.2, 0) is 25.4 Å². The van der Waals surface area contributed by atoms with Crippen LogP contribution in [0.5, 0.6) is 0 Å². The van der Waals surface area contributed by atoms with Gasteiger partial charge in [0.1, 0.15) is 24.1 Å². The molecule has 1 aliphatic heterocycles. The van der Waals surface area contributed by atoms with Gasteiger partial charge in [-0.25, -0.2) is 9.67 Å². The molecule has 5 aliphatic rings. The Morgan fingerprint density at radius 1 is 1.00 bits per heavy atom. The summed E-state index contributed by atoms with van der Waals surface area (Å²) in [5, 5.41) is 21.8. The van der Waals surface area contributed by atoms with Gasteiger partial charge in [0.25, 0.3) is 5.91 Å². The second-order valence-electron chi connectivity index (χ2n) is 17.0. The fraction of sp³-hybridized carbons (Fsp3) is 0.537. The van der Waals surface area contributed by atoms with Crippen molar-refractivity contribution in [2.24, 2.45) is 29.1 Å². The molecule has 4 aliphatic carbocycles. The van der Waals surface area contributed by atoms with Crippen molar-refractivity contribution in [1.29, 1.82) is 0 Å². The number of hydrogen-bond acceptors (Lipinski definition) is 9. The first-order chi connectivity index (χ1) is 26.4. The van der Waals surface area contributed by atoms with Gasteiger partial charge in [0.15, 0.2) is 0 Å². The van der Waals surface area contributed by atoms with Crippen LogP contribution >= 0.6 is 0 Å². The number of nitrogens with one attached hydrogen (secondary N) is 3. The minimum absolute atomic E-state index is 0.00991. The Balaban J connectivity index is 0.985. The van der Waals surface area contributed by atoms with Crippen molar-refractivity contribution in [3.63, 3.8) is 0 Å². The number of para-hydroxylation sites is 1. The summed E-state index contributed by atoms with van der Waals surface area (Å²) in [6.07, 6.45) is 7.92.